The van der Waals surface area contributed by atoms with Crippen molar-refractivity contribution in [1.29, 1.82) is 0 Å². The SMILES string of the molecule is O=C(NNC(=O)[C@H]1COc2ccccc2O1)[C@H]1CC(=O)N(Cc2ccco2)C1. The lowest BCUT2D eigenvalue weighted by molar-refractivity contribution is -0.136. The second-order valence-corrected chi connectivity index (χ2v) is 6.60. The van der Waals surface area contributed by atoms with Crippen molar-refractivity contribution in [2.75, 3.05) is 13.2 Å². The lowest BCUT2D eigenvalue weighted by Crippen LogP contribution is -2.52. The molecule has 2 N–H and O–H groups in total. The number of nitrogens with one attached hydrogen (secondary N) is 2. The van der Waals surface area contributed by atoms with Gasteiger partial charge in [-0.25, -0.2) is 0 Å². The van der Waals surface area contributed by atoms with Crippen LogP contribution in [0.5, 0.6) is 11.5 Å². The van der Waals surface area contributed by atoms with Crippen LogP contribution in [-0.4, -0.2) is 41.9 Å². The molecule has 2 aromatic rings. The molecule has 9 nitrogen and oxygen atoms in total. The van der Waals surface area contributed by atoms with Crippen molar-refractivity contribution in [3.63, 3.8) is 0 Å². The minimum Gasteiger partial charge on any atom is -0.485 e. The first-order valence-corrected chi connectivity index (χ1v) is 8.88. The molecule has 1 saturated heterocycles. The third-order valence-electron chi connectivity index (χ3n) is 4.62. The standard InChI is InChI=1S/C19H19N3O6/c23-17-8-12(9-22(17)10-13-4-3-7-26-13)18(24)20-21-19(25)16-11-27-14-5-1-2-6-15(14)28-16/h1-7,12,16H,8-11H2,(H,20,24)(H,21,25)/t12-,16+/m0/s1. The summed E-state index contributed by atoms with van der Waals surface area (Å²) in [7, 11) is 0. The average Bonchev–Trinajstić information content (AvgIpc) is 3.36. The molecule has 0 bridgehead atoms. The van der Waals surface area contributed by atoms with Gasteiger partial charge in [-0.3, -0.25) is 25.2 Å². The number of nitrogens with zero attached hydrogens (tertiary/aromatic N) is 1. The molecule has 2 aliphatic rings. The van der Waals surface area contributed by atoms with E-state index in [1.54, 1.807) is 41.3 Å². The maximum absolute atomic E-state index is 12.3. The molecule has 2 atom stereocenters. The number of hydrogen-bond acceptors (Lipinski definition) is 6. The quantitative estimate of drug-likeness (QED) is 0.747. The van der Waals surface area contributed by atoms with E-state index in [0.29, 0.717) is 23.8 Å². The highest BCUT2D eigenvalue weighted by Gasteiger charge is 2.35. The molecular formula is C19H19N3O6. The minimum atomic E-state index is -0.879. The minimum absolute atomic E-state index is 0.0392. The van der Waals surface area contributed by atoms with E-state index in [9.17, 15) is 14.4 Å². The van der Waals surface area contributed by atoms with Gasteiger partial charge >= 0.3 is 0 Å². The van der Waals surface area contributed by atoms with E-state index in [4.69, 9.17) is 13.9 Å². The second-order valence-electron chi connectivity index (χ2n) is 6.60. The Morgan fingerprint density at radius 1 is 1.07 bits per heavy atom. The van der Waals surface area contributed by atoms with Crippen LogP contribution in [0.1, 0.15) is 12.2 Å². The van der Waals surface area contributed by atoms with Crippen LogP contribution in [-0.2, 0) is 20.9 Å². The number of likely N-dealkylation sites (tertiary alicyclic amines) is 1. The molecule has 146 valence electrons. The van der Waals surface area contributed by atoms with E-state index in [2.05, 4.69) is 10.9 Å². The molecule has 3 amide bonds. The number of para-hydroxylation sites is 2. The first-order chi connectivity index (χ1) is 13.6. The Hall–Kier alpha value is -3.49. The molecule has 0 spiro atoms. The summed E-state index contributed by atoms with van der Waals surface area (Å²) in [6.07, 6.45) is 0.736. The fourth-order valence-electron chi connectivity index (χ4n) is 3.15. The third-order valence-corrected chi connectivity index (χ3v) is 4.62. The lowest BCUT2D eigenvalue weighted by atomic mass is 10.1. The van der Waals surface area contributed by atoms with Crippen molar-refractivity contribution in [2.45, 2.75) is 19.1 Å². The Morgan fingerprint density at radius 2 is 1.86 bits per heavy atom. The summed E-state index contributed by atoms with van der Waals surface area (Å²) < 4.78 is 16.3. The van der Waals surface area contributed by atoms with Gasteiger partial charge in [-0.1, -0.05) is 12.1 Å². The number of hydrazine groups is 1. The van der Waals surface area contributed by atoms with Crippen LogP contribution in [0.3, 0.4) is 0 Å². The van der Waals surface area contributed by atoms with Crippen LogP contribution >= 0.6 is 0 Å². The summed E-state index contributed by atoms with van der Waals surface area (Å²) in [5, 5.41) is 0. The number of carbonyl (C=O) groups excluding carboxylic acids is 3. The van der Waals surface area contributed by atoms with E-state index in [1.807, 2.05) is 0 Å². The Kier molecular flexibility index (Phi) is 4.88. The summed E-state index contributed by atoms with van der Waals surface area (Å²) >= 11 is 0. The number of hydrogen-bond donors (Lipinski definition) is 2. The molecule has 0 unspecified atom stereocenters. The third kappa shape index (κ3) is 3.78. The van der Waals surface area contributed by atoms with Crippen LogP contribution in [0.25, 0.3) is 0 Å². The second kappa shape index (κ2) is 7.63. The van der Waals surface area contributed by atoms with Crippen molar-refractivity contribution in [2.24, 2.45) is 5.92 Å². The van der Waals surface area contributed by atoms with E-state index in [1.165, 1.54) is 6.26 Å². The van der Waals surface area contributed by atoms with Gasteiger partial charge in [-0.15, -0.1) is 0 Å². The Balaban J connectivity index is 1.26. The monoisotopic (exact) mass is 385 g/mol. The maximum Gasteiger partial charge on any atom is 0.283 e. The van der Waals surface area contributed by atoms with Crippen molar-refractivity contribution in [3.05, 3.63) is 48.4 Å². The summed E-state index contributed by atoms with van der Waals surface area (Å²) in [6, 6.07) is 10.5. The van der Waals surface area contributed by atoms with E-state index >= 15 is 0 Å². The van der Waals surface area contributed by atoms with Gasteiger partial charge in [0.05, 0.1) is 18.7 Å². The van der Waals surface area contributed by atoms with Gasteiger partial charge in [0.25, 0.3) is 5.91 Å². The molecule has 4 rings (SSSR count). The van der Waals surface area contributed by atoms with Gasteiger partial charge in [0.2, 0.25) is 17.9 Å². The lowest BCUT2D eigenvalue weighted by Gasteiger charge is -2.25. The van der Waals surface area contributed by atoms with Gasteiger partial charge in [0, 0.05) is 13.0 Å². The molecule has 1 aromatic heterocycles. The fourth-order valence-corrected chi connectivity index (χ4v) is 3.15. The number of furan rings is 1. The van der Waals surface area contributed by atoms with E-state index < -0.39 is 23.8 Å². The highest BCUT2D eigenvalue weighted by molar-refractivity contribution is 5.91. The molecule has 9 heteroatoms. The predicted octanol–water partition coefficient (Wildman–Crippen LogP) is 0.616. The van der Waals surface area contributed by atoms with Gasteiger partial charge in [0.15, 0.2) is 11.5 Å². The largest absolute Gasteiger partial charge is 0.485 e. The van der Waals surface area contributed by atoms with E-state index in [0.717, 1.165) is 0 Å². The van der Waals surface area contributed by atoms with Crippen molar-refractivity contribution in [1.82, 2.24) is 15.8 Å². The predicted molar refractivity (Wildman–Crippen MR) is 94.9 cm³/mol. The first-order valence-electron chi connectivity index (χ1n) is 8.88. The zero-order valence-electron chi connectivity index (χ0n) is 14.9. The molecule has 0 aliphatic carbocycles. The number of ether oxygens (including phenoxy) is 2. The molecule has 1 fully saturated rings. The smallest absolute Gasteiger partial charge is 0.283 e. The van der Waals surface area contributed by atoms with Crippen LogP contribution in [0.15, 0.2) is 47.1 Å². The van der Waals surface area contributed by atoms with Gasteiger partial charge < -0.3 is 18.8 Å². The maximum atomic E-state index is 12.3. The summed E-state index contributed by atoms with van der Waals surface area (Å²) in [5.41, 5.74) is 4.71. The highest BCUT2D eigenvalue weighted by Crippen LogP contribution is 2.30. The van der Waals surface area contributed by atoms with Crippen molar-refractivity contribution < 1.29 is 28.3 Å². The Bertz CT molecular complexity index is 882. The van der Waals surface area contributed by atoms with Gasteiger partial charge in [0.1, 0.15) is 12.4 Å². The molecule has 3 heterocycles. The van der Waals surface area contributed by atoms with Gasteiger partial charge in [-0.2, -0.15) is 0 Å². The first kappa shape index (κ1) is 17.9. The highest BCUT2D eigenvalue weighted by atomic mass is 16.6. The normalized spacial score (nSPS) is 20.7. The molecule has 2 aliphatic heterocycles. The number of amides is 3. The zero-order chi connectivity index (χ0) is 19.5. The summed E-state index contributed by atoms with van der Waals surface area (Å²) in [5.74, 6) is 0.0419. The average molecular weight is 385 g/mol. The summed E-state index contributed by atoms with van der Waals surface area (Å²) in [4.78, 5) is 38.2. The van der Waals surface area contributed by atoms with Crippen LogP contribution in [0.2, 0.25) is 0 Å². The summed E-state index contributed by atoms with van der Waals surface area (Å²) in [6.45, 7) is 0.615. The molecular weight excluding hydrogens is 366 g/mol. The molecule has 28 heavy (non-hydrogen) atoms. The topological polar surface area (TPSA) is 110 Å². The molecule has 1 aromatic carbocycles. The Labute approximate surface area is 160 Å². The van der Waals surface area contributed by atoms with Crippen LogP contribution in [0.4, 0.5) is 0 Å². The van der Waals surface area contributed by atoms with Crippen molar-refractivity contribution in [3.8, 4) is 11.5 Å². The van der Waals surface area contributed by atoms with Crippen molar-refractivity contribution >= 4 is 17.7 Å². The molecule has 0 saturated carbocycles. The van der Waals surface area contributed by atoms with Crippen LogP contribution < -0.4 is 20.3 Å². The Morgan fingerprint density at radius 3 is 2.64 bits per heavy atom. The van der Waals surface area contributed by atoms with Gasteiger partial charge in [-0.05, 0) is 24.3 Å². The number of carbonyl (C=O) groups is 3. The molecule has 0 radical (unpaired) electrons. The number of rotatable bonds is 4. The fraction of sp³-hybridized carbons (Fsp3) is 0.316. The number of benzene rings is 1. The van der Waals surface area contributed by atoms with Crippen LogP contribution in [0, 0.1) is 5.92 Å². The number of fused-ring (bicyclic) bond motifs is 1. The zero-order valence-corrected chi connectivity index (χ0v) is 14.9. The van der Waals surface area contributed by atoms with E-state index in [-0.39, 0.29) is 25.5 Å².